The van der Waals surface area contributed by atoms with Crippen LogP contribution in [0.25, 0.3) is 0 Å². The van der Waals surface area contributed by atoms with Gasteiger partial charge in [-0.05, 0) is 30.5 Å². The summed E-state index contributed by atoms with van der Waals surface area (Å²) >= 11 is 0. The fourth-order valence-electron chi connectivity index (χ4n) is 3.08. The average molecular weight is 331 g/mol. The molecule has 1 saturated heterocycles. The first-order valence-corrected chi connectivity index (χ1v) is 7.70. The van der Waals surface area contributed by atoms with Gasteiger partial charge >= 0.3 is 6.18 Å². The lowest BCUT2D eigenvalue weighted by atomic mass is 9.74. The van der Waals surface area contributed by atoms with Crippen molar-refractivity contribution in [1.29, 1.82) is 5.26 Å². The van der Waals surface area contributed by atoms with Gasteiger partial charge in [0, 0.05) is 19.3 Å². The fraction of sp³-hybridized carbons (Fsp3) is 0.333. The van der Waals surface area contributed by atoms with E-state index in [0.29, 0.717) is 31.7 Å². The SMILES string of the molecule is N#CC1(c2ccccc2)CCN(c2ccc(C(F)(F)F)cn2)CC1. The quantitative estimate of drug-likeness (QED) is 0.829. The van der Waals surface area contributed by atoms with Crippen LogP contribution in [0.2, 0.25) is 0 Å². The minimum Gasteiger partial charge on any atom is -0.356 e. The summed E-state index contributed by atoms with van der Waals surface area (Å²) in [6.07, 6.45) is -2.28. The zero-order chi connectivity index (χ0) is 17.2. The molecule has 0 N–H and O–H groups in total. The summed E-state index contributed by atoms with van der Waals surface area (Å²) in [6, 6.07) is 14.5. The van der Waals surface area contributed by atoms with E-state index in [1.807, 2.05) is 35.2 Å². The molecule has 124 valence electrons. The molecular weight excluding hydrogens is 315 g/mol. The Bertz CT molecular complexity index is 725. The van der Waals surface area contributed by atoms with Gasteiger partial charge in [-0.3, -0.25) is 0 Å². The molecule has 2 heterocycles. The van der Waals surface area contributed by atoms with Crippen LogP contribution < -0.4 is 4.90 Å². The van der Waals surface area contributed by atoms with Crippen LogP contribution in [0.4, 0.5) is 19.0 Å². The van der Waals surface area contributed by atoms with Crippen molar-refractivity contribution < 1.29 is 13.2 Å². The first kappa shape index (κ1) is 16.3. The number of rotatable bonds is 2. The van der Waals surface area contributed by atoms with E-state index in [1.165, 1.54) is 6.07 Å². The number of benzene rings is 1. The number of halogens is 3. The Balaban J connectivity index is 1.74. The molecule has 1 aromatic heterocycles. The minimum absolute atomic E-state index is 0.516. The molecule has 2 aromatic rings. The van der Waals surface area contributed by atoms with Crippen molar-refractivity contribution in [2.45, 2.75) is 24.4 Å². The van der Waals surface area contributed by atoms with E-state index in [4.69, 9.17) is 0 Å². The Kier molecular flexibility index (Phi) is 4.18. The zero-order valence-electron chi connectivity index (χ0n) is 12.9. The molecule has 0 saturated carbocycles. The summed E-state index contributed by atoms with van der Waals surface area (Å²) in [4.78, 5) is 5.87. The van der Waals surface area contributed by atoms with Crippen molar-refractivity contribution in [3.63, 3.8) is 0 Å². The number of hydrogen-bond donors (Lipinski definition) is 0. The van der Waals surface area contributed by atoms with Gasteiger partial charge in [0.1, 0.15) is 5.82 Å². The molecule has 24 heavy (non-hydrogen) atoms. The Morgan fingerprint density at radius 3 is 2.21 bits per heavy atom. The van der Waals surface area contributed by atoms with Crippen molar-refractivity contribution in [1.82, 2.24) is 4.98 Å². The van der Waals surface area contributed by atoms with E-state index in [9.17, 15) is 18.4 Å². The second kappa shape index (κ2) is 6.16. The normalized spacial score (nSPS) is 17.3. The number of piperidine rings is 1. The van der Waals surface area contributed by atoms with Gasteiger partial charge in [0.2, 0.25) is 0 Å². The zero-order valence-corrected chi connectivity index (χ0v) is 12.9. The molecule has 0 unspecified atom stereocenters. The highest BCUT2D eigenvalue weighted by molar-refractivity contribution is 5.43. The molecule has 6 heteroatoms. The maximum Gasteiger partial charge on any atom is 0.417 e. The monoisotopic (exact) mass is 331 g/mol. The molecule has 0 amide bonds. The van der Waals surface area contributed by atoms with Crippen molar-refractivity contribution in [3.05, 3.63) is 59.8 Å². The number of alkyl halides is 3. The van der Waals surface area contributed by atoms with E-state index in [1.54, 1.807) is 0 Å². The van der Waals surface area contributed by atoms with Gasteiger partial charge in [0.05, 0.1) is 17.0 Å². The molecule has 1 fully saturated rings. The second-order valence-corrected chi connectivity index (χ2v) is 5.95. The summed E-state index contributed by atoms with van der Waals surface area (Å²) in [5, 5.41) is 9.67. The van der Waals surface area contributed by atoms with Crippen LogP contribution in [0.3, 0.4) is 0 Å². The van der Waals surface area contributed by atoms with Crippen molar-refractivity contribution in [2.24, 2.45) is 0 Å². The van der Waals surface area contributed by atoms with E-state index >= 15 is 0 Å². The summed E-state index contributed by atoms with van der Waals surface area (Å²) in [6.45, 7) is 1.17. The lowest BCUT2D eigenvalue weighted by molar-refractivity contribution is -0.137. The van der Waals surface area contributed by atoms with Crippen molar-refractivity contribution in [2.75, 3.05) is 18.0 Å². The van der Waals surface area contributed by atoms with E-state index in [2.05, 4.69) is 11.1 Å². The molecular formula is C18H16F3N3. The third kappa shape index (κ3) is 3.07. The first-order chi connectivity index (χ1) is 11.4. The van der Waals surface area contributed by atoms with Gasteiger partial charge in [-0.15, -0.1) is 0 Å². The number of hydrogen-bond acceptors (Lipinski definition) is 3. The van der Waals surface area contributed by atoms with Crippen LogP contribution in [0.15, 0.2) is 48.7 Å². The van der Waals surface area contributed by atoms with Crippen LogP contribution in [0.1, 0.15) is 24.0 Å². The highest BCUT2D eigenvalue weighted by atomic mass is 19.4. The van der Waals surface area contributed by atoms with Gasteiger partial charge < -0.3 is 4.90 Å². The minimum atomic E-state index is -4.38. The Morgan fingerprint density at radius 1 is 1.04 bits per heavy atom. The predicted octanol–water partition coefficient (Wildman–Crippen LogP) is 4.16. The van der Waals surface area contributed by atoms with Gasteiger partial charge in [-0.25, -0.2) is 4.98 Å². The highest BCUT2D eigenvalue weighted by Crippen LogP contribution is 2.36. The molecule has 0 aliphatic carbocycles. The van der Waals surface area contributed by atoms with E-state index in [0.717, 1.165) is 17.8 Å². The Hall–Kier alpha value is -2.55. The third-order valence-electron chi connectivity index (χ3n) is 4.56. The molecule has 0 atom stereocenters. The highest BCUT2D eigenvalue weighted by Gasteiger charge is 2.37. The third-order valence-corrected chi connectivity index (χ3v) is 4.56. The number of nitriles is 1. The van der Waals surface area contributed by atoms with Gasteiger partial charge in [-0.1, -0.05) is 30.3 Å². The standard InChI is InChI=1S/C18H16F3N3/c19-18(20,21)15-6-7-16(23-12-15)24-10-8-17(13-22,9-11-24)14-4-2-1-3-5-14/h1-7,12H,8-11H2. The number of pyridine rings is 1. The van der Waals surface area contributed by atoms with Gasteiger partial charge in [-0.2, -0.15) is 18.4 Å². The van der Waals surface area contributed by atoms with Crippen LogP contribution >= 0.6 is 0 Å². The van der Waals surface area contributed by atoms with Gasteiger partial charge in [0.15, 0.2) is 0 Å². The molecule has 3 nitrogen and oxygen atoms in total. The van der Waals surface area contributed by atoms with E-state index < -0.39 is 17.2 Å². The van der Waals surface area contributed by atoms with Crippen LogP contribution in [-0.4, -0.2) is 18.1 Å². The summed E-state index contributed by atoms with van der Waals surface area (Å²) in [5.74, 6) is 0.516. The molecule has 0 radical (unpaired) electrons. The molecule has 0 bridgehead atoms. The predicted molar refractivity (Wildman–Crippen MR) is 84.4 cm³/mol. The second-order valence-electron chi connectivity index (χ2n) is 5.95. The topological polar surface area (TPSA) is 39.9 Å². The lowest BCUT2D eigenvalue weighted by Gasteiger charge is -2.38. The van der Waals surface area contributed by atoms with Crippen molar-refractivity contribution >= 4 is 5.82 Å². The smallest absolute Gasteiger partial charge is 0.356 e. The summed E-state index contributed by atoms with van der Waals surface area (Å²) < 4.78 is 37.8. The summed E-state index contributed by atoms with van der Waals surface area (Å²) in [7, 11) is 0. The molecule has 1 aromatic carbocycles. The largest absolute Gasteiger partial charge is 0.417 e. The van der Waals surface area contributed by atoms with Crippen LogP contribution in [0, 0.1) is 11.3 Å². The fourth-order valence-corrected chi connectivity index (χ4v) is 3.08. The Labute approximate surface area is 138 Å². The van der Waals surface area contributed by atoms with Gasteiger partial charge in [0.25, 0.3) is 0 Å². The van der Waals surface area contributed by atoms with Crippen molar-refractivity contribution in [3.8, 4) is 6.07 Å². The average Bonchev–Trinajstić information content (AvgIpc) is 2.62. The molecule has 1 aliphatic heterocycles. The molecule has 3 rings (SSSR count). The maximum atomic E-state index is 12.6. The lowest BCUT2D eigenvalue weighted by Crippen LogP contribution is -2.42. The molecule has 1 aliphatic rings. The Morgan fingerprint density at radius 2 is 1.71 bits per heavy atom. The van der Waals surface area contributed by atoms with Crippen LogP contribution in [0.5, 0.6) is 0 Å². The van der Waals surface area contributed by atoms with E-state index in [-0.39, 0.29) is 0 Å². The number of anilines is 1. The first-order valence-electron chi connectivity index (χ1n) is 7.70. The summed E-state index contributed by atoms with van der Waals surface area (Å²) in [5.41, 5.74) is -0.296. The molecule has 0 spiro atoms. The maximum absolute atomic E-state index is 12.6. The number of aromatic nitrogens is 1. The van der Waals surface area contributed by atoms with Crippen LogP contribution in [-0.2, 0) is 11.6 Å². The number of nitrogens with zero attached hydrogens (tertiary/aromatic N) is 3.